The molecule has 3 aromatic rings. The Morgan fingerprint density at radius 2 is 2.09 bits per heavy atom. The molecule has 118 valence electrons. The molecule has 2 aromatic heterocycles. The number of nitrogens with one attached hydrogen (secondary N) is 1. The molecule has 0 radical (unpaired) electrons. The predicted molar refractivity (Wildman–Crippen MR) is 92.0 cm³/mol. The van der Waals surface area contributed by atoms with Crippen LogP contribution in [0.2, 0.25) is 0 Å². The van der Waals surface area contributed by atoms with Gasteiger partial charge in [-0.2, -0.15) is 5.10 Å². The number of piperidine rings is 1. The number of hydrogen-bond donors (Lipinski definition) is 1. The molecule has 0 aliphatic carbocycles. The Morgan fingerprint density at radius 1 is 1.13 bits per heavy atom. The van der Waals surface area contributed by atoms with Crippen LogP contribution in [0.5, 0.6) is 0 Å². The van der Waals surface area contributed by atoms with E-state index in [0.717, 1.165) is 30.9 Å². The molecule has 1 unspecified atom stereocenters. The van der Waals surface area contributed by atoms with E-state index in [0.29, 0.717) is 0 Å². The van der Waals surface area contributed by atoms with Crippen molar-refractivity contribution in [3.05, 3.63) is 60.0 Å². The minimum absolute atomic E-state index is 0.720. The summed E-state index contributed by atoms with van der Waals surface area (Å²) >= 11 is 0. The zero-order valence-electron chi connectivity index (χ0n) is 13.3. The highest BCUT2D eigenvalue weighted by molar-refractivity contribution is 5.81. The Labute approximate surface area is 136 Å². The number of fused-ring (bicyclic) bond motifs is 1. The average Bonchev–Trinajstić information content (AvgIpc) is 3.09. The number of benzene rings is 1. The molecule has 3 heterocycles. The number of aromatic amines is 1. The van der Waals surface area contributed by atoms with Crippen LogP contribution >= 0.6 is 0 Å². The minimum Gasteiger partial charge on any atom is -0.299 e. The highest BCUT2D eigenvalue weighted by Crippen LogP contribution is 2.24. The lowest BCUT2D eigenvalue weighted by Crippen LogP contribution is -2.35. The van der Waals surface area contributed by atoms with Gasteiger partial charge in [0, 0.05) is 36.6 Å². The number of H-pyrrole nitrogens is 1. The molecule has 1 N–H and O–H groups in total. The Hall–Kier alpha value is -2.20. The third-order valence-electron chi connectivity index (χ3n) is 4.80. The summed E-state index contributed by atoms with van der Waals surface area (Å²) in [5.41, 5.74) is 3.74. The first-order valence-corrected chi connectivity index (χ1v) is 8.42. The van der Waals surface area contributed by atoms with Gasteiger partial charge in [0.15, 0.2) is 0 Å². The van der Waals surface area contributed by atoms with Gasteiger partial charge in [-0.1, -0.05) is 18.2 Å². The smallest absolute Gasteiger partial charge is 0.0705 e. The minimum atomic E-state index is 0.720. The average molecular weight is 306 g/mol. The van der Waals surface area contributed by atoms with E-state index in [1.165, 1.54) is 36.0 Å². The zero-order valence-corrected chi connectivity index (χ0v) is 13.3. The lowest BCUT2D eigenvalue weighted by molar-refractivity contribution is 0.167. The summed E-state index contributed by atoms with van der Waals surface area (Å²) in [6, 6.07) is 12.7. The first-order chi connectivity index (χ1) is 11.4. The number of likely N-dealkylation sites (tertiary alicyclic amines) is 1. The van der Waals surface area contributed by atoms with Crippen molar-refractivity contribution in [3.63, 3.8) is 0 Å². The first-order valence-electron chi connectivity index (χ1n) is 8.42. The summed E-state index contributed by atoms with van der Waals surface area (Å²) in [7, 11) is 0. The summed E-state index contributed by atoms with van der Waals surface area (Å²) in [6.07, 6.45) is 7.48. The fourth-order valence-corrected chi connectivity index (χ4v) is 3.70. The third kappa shape index (κ3) is 3.27. The Morgan fingerprint density at radius 3 is 3.00 bits per heavy atom. The number of hydrogen-bond acceptors (Lipinski definition) is 3. The fraction of sp³-hybridized carbons (Fsp3) is 0.368. The van der Waals surface area contributed by atoms with Crippen molar-refractivity contribution < 1.29 is 0 Å². The van der Waals surface area contributed by atoms with Gasteiger partial charge in [-0.25, -0.2) is 0 Å². The molecule has 1 aliphatic rings. The van der Waals surface area contributed by atoms with E-state index in [1.807, 2.05) is 12.4 Å². The zero-order chi connectivity index (χ0) is 15.5. The molecule has 23 heavy (non-hydrogen) atoms. The van der Waals surface area contributed by atoms with Crippen molar-refractivity contribution in [1.82, 2.24) is 20.1 Å². The van der Waals surface area contributed by atoms with Gasteiger partial charge in [0.05, 0.1) is 5.52 Å². The molecule has 4 nitrogen and oxygen atoms in total. The molecule has 0 spiro atoms. The maximum absolute atomic E-state index is 4.47. The number of nitrogens with zero attached hydrogens (tertiary/aromatic N) is 3. The number of rotatable bonds is 4. The first kappa shape index (κ1) is 14.4. The topological polar surface area (TPSA) is 44.8 Å². The maximum Gasteiger partial charge on any atom is 0.0705 e. The number of pyridine rings is 1. The van der Waals surface area contributed by atoms with Gasteiger partial charge < -0.3 is 0 Å². The van der Waals surface area contributed by atoms with Crippen molar-refractivity contribution in [1.29, 1.82) is 0 Å². The second-order valence-corrected chi connectivity index (χ2v) is 6.52. The second-order valence-electron chi connectivity index (χ2n) is 6.52. The molecule has 1 aliphatic heterocycles. The summed E-state index contributed by atoms with van der Waals surface area (Å²) in [5.74, 6) is 0.720. The monoisotopic (exact) mass is 306 g/mol. The highest BCUT2D eigenvalue weighted by Gasteiger charge is 2.21. The third-order valence-corrected chi connectivity index (χ3v) is 4.80. The van der Waals surface area contributed by atoms with E-state index < -0.39 is 0 Å². The fourth-order valence-electron chi connectivity index (χ4n) is 3.70. The lowest BCUT2D eigenvalue weighted by Gasteiger charge is -2.32. The van der Waals surface area contributed by atoms with Crippen LogP contribution in [0.1, 0.15) is 24.1 Å². The van der Waals surface area contributed by atoms with Gasteiger partial charge in [-0.05, 0) is 55.5 Å². The molecule has 1 fully saturated rings. The molecule has 1 aromatic carbocycles. The Balaban J connectivity index is 1.47. The van der Waals surface area contributed by atoms with E-state index in [2.05, 4.69) is 56.5 Å². The molecule has 4 rings (SSSR count). The van der Waals surface area contributed by atoms with Crippen molar-refractivity contribution in [2.24, 2.45) is 5.92 Å². The summed E-state index contributed by atoms with van der Waals surface area (Å²) in [6.45, 7) is 3.37. The standard InChI is InChI=1S/C19H22N4/c1-2-6-19-18(5-1)16(7-9-20-19)14-23-11-3-4-15(13-23)12-17-8-10-21-22-17/h1-2,5-10,15H,3-4,11-14H2,(H,21,22). The number of aromatic nitrogens is 3. The van der Waals surface area contributed by atoms with Crippen LogP contribution in [-0.2, 0) is 13.0 Å². The van der Waals surface area contributed by atoms with Gasteiger partial charge >= 0.3 is 0 Å². The van der Waals surface area contributed by atoms with E-state index in [-0.39, 0.29) is 0 Å². The van der Waals surface area contributed by atoms with Gasteiger partial charge in [0.1, 0.15) is 0 Å². The SMILES string of the molecule is c1ccc2c(CN3CCCC(Cc4ccn[nH]4)C3)ccnc2c1. The van der Waals surface area contributed by atoms with Crippen molar-refractivity contribution >= 4 is 10.9 Å². The van der Waals surface area contributed by atoms with E-state index in [4.69, 9.17) is 0 Å². The molecule has 0 bridgehead atoms. The number of para-hydroxylation sites is 1. The normalized spacial score (nSPS) is 19.2. The predicted octanol–water partition coefficient (Wildman–Crippen LogP) is 3.41. The van der Waals surface area contributed by atoms with Crippen molar-refractivity contribution in [2.75, 3.05) is 13.1 Å². The molecular weight excluding hydrogens is 284 g/mol. The van der Waals surface area contributed by atoms with Crippen LogP contribution in [0.25, 0.3) is 10.9 Å². The van der Waals surface area contributed by atoms with E-state index in [1.54, 1.807) is 0 Å². The van der Waals surface area contributed by atoms with Crippen LogP contribution in [0.3, 0.4) is 0 Å². The van der Waals surface area contributed by atoms with Crippen LogP contribution in [0.4, 0.5) is 0 Å². The van der Waals surface area contributed by atoms with Crippen LogP contribution in [0.15, 0.2) is 48.8 Å². The largest absolute Gasteiger partial charge is 0.299 e. The highest BCUT2D eigenvalue weighted by atomic mass is 15.1. The molecule has 0 amide bonds. The maximum atomic E-state index is 4.47. The molecule has 0 saturated carbocycles. The van der Waals surface area contributed by atoms with Crippen molar-refractivity contribution in [2.45, 2.75) is 25.8 Å². The summed E-state index contributed by atoms with van der Waals surface area (Å²) in [5, 5.41) is 8.44. The van der Waals surface area contributed by atoms with Gasteiger partial charge in [0.2, 0.25) is 0 Å². The van der Waals surface area contributed by atoms with Crippen molar-refractivity contribution in [3.8, 4) is 0 Å². The quantitative estimate of drug-likeness (QED) is 0.803. The van der Waals surface area contributed by atoms with Crippen LogP contribution in [0, 0.1) is 5.92 Å². The van der Waals surface area contributed by atoms with Gasteiger partial charge in [-0.3, -0.25) is 15.0 Å². The lowest BCUT2D eigenvalue weighted by atomic mass is 9.93. The van der Waals surface area contributed by atoms with Crippen LogP contribution < -0.4 is 0 Å². The van der Waals surface area contributed by atoms with E-state index in [9.17, 15) is 0 Å². The van der Waals surface area contributed by atoms with Gasteiger partial charge in [0.25, 0.3) is 0 Å². The molecule has 1 saturated heterocycles. The Kier molecular flexibility index (Phi) is 4.07. The molecule has 4 heteroatoms. The summed E-state index contributed by atoms with van der Waals surface area (Å²) in [4.78, 5) is 7.06. The summed E-state index contributed by atoms with van der Waals surface area (Å²) < 4.78 is 0. The Bertz CT molecular complexity index is 761. The van der Waals surface area contributed by atoms with Crippen LogP contribution in [-0.4, -0.2) is 33.2 Å². The van der Waals surface area contributed by atoms with Gasteiger partial charge in [-0.15, -0.1) is 0 Å². The van der Waals surface area contributed by atoms with E-state index >= 15 is 0 Å². The molecule has 1 atom stereocenters. The molecular formula is C19H22N4. The second kappa shape index (κ2) is 6.50.